The van der Waals surface area contributed by atoms with Gasteiger partial charge in [-0.1, -0.05) is 0 Å². The highest BCUT2D eigenvalue weighted by Crippen LogP contribution is 2.22. The Bertz CT molecular complexity index is 811. The minimum atomic E-state index is -0.298. The molecule has 26 heavy (non-hydrogen) atoms. The van der Waals surface area contributed by atoms with Crippen molar-refractivity contribution in [2.45, 2.75) is 19.8 Å². The number of benzene rings is 1. The van der Waals surface area contributed by atoms with Crippen LogP contribution in [0.15, 0.2) is 29.1 Å². The number of carbonyl (C=O) groups is 1. The summed E-state index contributed by atoms with van der Waals surface area (Å²) in [6.07, 6.45) is 1.34. The molecule has 1 N–H and O–H groups in total. The molecule has 0 radical (unpaired) electrons. The lowest BCUT2D eigenvalue weighted by Crippen LogP contribution is -2.39. The zero-order chi connectivity index (χ0) is 18.5. The lowest BCUT2D eigenvalue weighted by Gasteiger charge is -2.30. The third kappa shape index (κ3) is 3.84. The fourth-order valence-corrected chi connectivity index (χ4v) is 3.00. The van der Waals surface area contributed by atoms with Gasteiger partial charge in [-0.2, -0.15) is 0 Å². The molecule has 0 bridgehead atoms. The second kappa shape index (κ2) is 7.99. The summed E-state index contributed by atoms with van der Waals surface area (Å²) in [5.74, 6) is 0.889. The summed E-state index contributed by atoms with van der Waals surface area (Å²) in [6.45, 7) is 3.44. The lowest BCUT2D eigenvalue weighted by atomic mass is 9.97. The van der Waals surface area contributed by atoms with Crippen LogP contribution in [0.1, 0.15) is 19.8 Å². The number of rotatable bonds is 5. The van der Waals surface area contributed by atoms with Crippen LogP contribution < -0.4 is 15.2 Å². The van der Waals surface area contributed by atoms with Gasteiger partial charge < -0.3 is 14.4 Å². The van der Waals surface area contributed by atoms with E-state index >= 15 is 0 Å². The molecular weight excluding hydrogens is 336 g/mol. The predicted molar refractivity (Wildman–Crippen MR) is 96.2 cm³/mol. The van der Waals surface area contributed by atoms with Gasteiger partial charge in [-0.25, -0.2) is 0 Å². The number of hydrogen-bond acceptors (Lipinski definition) is 7. The van der Waals surface area contributed by atoms with Gasteiger partial charge in [0.1, 0.15) is 5.75 Å². The van der Waals surface area contributed by atoms with Gasteiger partial charge >= 0.3 is 5.97 Å². The summed E-state index contributed by atoms with van der Waals surface area (Å²) in [4.78, 5) is 28.9. The maximum absolute atomic E-state index is 12.4. The third-order valence-electron chi connectivity index (χ3n) is 4.46. The van der Waals surface area contributed by atoms with Gasteiger partial charge in [0, 0.05) is 18.7 Å². The first kappa shape index (κ1) is 17.9. The van der Waals surface area contributed by atoms with E-state index in [0.29, 0.717) is 49.8 Å². The van der Waals surface area contributed by atoms with Crippen LogP contribution in [0, 0.1) is 5.92 Å². The Morgan fingerprint density at radius 2 is 1.92 bits per heavy atom. The van der Waals surface area contributed by atoms with Gasteiger partial charge in [-0.05, 0) is 44.0 Å². The fraction of sp³-hybridized carbons (Fsp3) is 0.444. The number of H-pyrrole nitrogens is 1. The Morgan fingerprint density at radius 3 is 2.50 bits per heavy atom. The lowest BCUT2D eigenvalue weighted by molar-refractivity contribution is -0.148. The number of nitrogens with zero attached hydrogens (tertiary/aromatic N) is 3. The zero-order valence-corrected chi connectivity index (χ0v) is 14.9. The molecule has 1 aliphatic heterocycles. The summed E-state index contributed by atoms with van der Waals surface area (Å²) in [5, 5.41) is 8.26. The van der Waals surface area contributed by atoms with Crippen molar-refractivity contribution in [2.24, 2.45) is 5.92 Å². The largest absolute Gasteiger partial charge is 0.497 e. The molecule has 0 atom stereocenters. The first-order chi connectivity index (χ1) is 12.6. The zero-order valence-electron chi connectivity index (χ0n) is 14.9. The number of anilines is 1. The van der Waals surface area contributed by atoms with Crippen molar-refractivity contribution in [1.29, 1.82) is 0 Å². The summed E-state index contributed by atoms with van der Waals surface area (Å²) in [5.41, 5.74) is 0.637. The number of hydrogen-bond donors (Lipinski definition) is 1. The molecule has 0 unspecified atom stereocenters. The predicted octanol–water partition coefficient (Wildman–Crippen LogP) is 1.62. The van der Waals surface area contributed by atoms with Crippen molar-refractivity contribution >= 4 is 11.9 Å². The first-order valence-corrected chi connectivity index (χ1v) is 8.65. The molecule has 0 amide bonds. The number of carbonyl (C=O) groups excluding carboxylic acids is 1. The standard InChI is InChI=1S/C18H22N4O4/c1-3-26-17(24)13-8-10-22(11-9-13)18-19-16(23)15(20-21-18)12-4-6-14(25-2)7-5-12/h4-7,13H,3,8-11H2,1-2H3,(H,19,21,23). The average molecular weight is 358 g/mol. The van der Waals surface area contributed by atoms with Crippen LogP contribution in [0.5, 0.6) is 5.75 Å². The topological polar surface area (TPSA) is 97.4 Å². The molecule has 0 spiro atoms. The number of aromatic nitrogens is 3. The Morgan fingerprint density at radius 1 is 1.23 bits per heavy atom. The molecule has 2 heterocycles. The number of piperidine rings is 1. The van der Waals surface area contributed by atoms with Gasteiger partial charge in [-0.15, -0.1) is 10.2 Å². The fourth-order valence-electron chi connectivity index (χ4n) is 3.00. The van der Waals surface area contributed by atoms with Crippen molar-refractivity contribution in [3.8, 4) is 17.0 Å². The molecule has 138 valence electrons. The van der Waals surface area contributed by atoms with Gasteiger partial charge in [0.2, 0.25) is 5.95 Å². The van der Waals surface area contributed by atoms with Crippen LogP contribution in [0.3, 0.4) is 0 Å². The Balaban J connectivity index is 1.70. The van der Waals surface area contributed by atoms with E-state index in [0.717, 1.165) is 0 Å². The normalized spacial score (nSPS) is 14.9. The molecule has 8 nitrogen and oxygen atoms in total. The van der Waals surface area contributed by atoms with Crippen molar-refractivity contribution in [3.63, 3.8) is 0 Å². The monoisotopic (exact) mass is 358 g/mol. The highest BCUT2D eigenvalue weighted by Gasteiger charge is 2.27. The first-order valence-electron chi connectivity index (χ1n) is 8.65. The Kier molecular flexibility index (Phi) is 5.50. The summed E-state index contributed by atoms with van der Waals surface area (Å²) in [7, 11) is 1.58. The molecule has 1 fully saturated rings. The number of nitrogens with one attached hydrogen (secondary N) is 1. The second-order valence-electron chi connectivity index (χ2n) is 6.07. The summed E-state index contributed by atoms with van der Waals surface area (Å²) >= 11 is 0. The van der Waals surface area contributed by atoms with E-state index in [-0.39, 0.29) is 23.1 Å². The van der Waals surface area contributed by atoms with Crippen LogP contribution in [0.2, 0.25) is 0 Å². The van der Waals surface area contributed by atoms with Crippen molar-refractivity contribution in [1.82, 2.24) is 15.2 Å². The highest BCUT2D eigenvalue weighted by molar-refractivity contribution is 5.72. The average Bonchev–Trinajstić information content (AvgIpc) is 2.68. The molecule has 0 saturated carbocycles. The molecule has 1 aromatic heterocycles. The number of esters is 1. The van der Waals surface area contributed by atoms with Crippen molar-refractivity contribution < 1.29 is 14.3 Å². The van der Waals surface area contributed by atoms with E-state index in [2.05, 4.69) is 15.2 Å². The van der Waals surface area contributed by atoms with E-state index in [9.17, 15) is 9.59 Å². The number of methoxy groups -OCH3 is 1. The van der Waals surface area contributed by atoms with Crippen LogP contribution in [-0.4, -0.2) is 48.0 Å². The minimum absolute atomic E-state index is 0.0931. The Hall–Kier alpha value is -2.90. The quantitative estimate of drug-likeness (QED) is 0.811. The minimum Gasteiger partial charge on any atom is -0.497 e. The van der Waals surface area contributed by atoms with Gasteiger partial charge in [0.25, 0.3) is 5.56 Å². The third-order valence-corrected chi connectivity index (χ3v) is 4.46. The molecule has 8 heteroatoms. The van der Waals surface area contributed by atoms with E-state index in [1.807, 2.05) is 4.90 Å². The van der Waals surface area contributed by atoms with Gasteiger partial charge in [0.05, 0.1) is 19.6 Å². The Labute approximate surface area is 151 Å². The molecular formula is C18H22N4O4. The van der Waals surface area contributed by atoms with Gasteiger partial charge in [0.15, 0.2) is 5.69 Å². The molecule has 1 aliphatic rings. The van der Waals surface area contributed by atoms with Crippen molar-refractivity contribution in [3.05, 3.63) is 34.6 Å². The maximum Gasteiger partial charge on any atom is 0.309 e. The van der Waals surface area contributed by atoms with Gasteiger partial charge in [-0.3, -0.25) is 14.6 Å². The second-order valence-corrected chi connectivity index (χ2v) is 6.07. The van der Waals surface area contributed by atoms with E-state index in [1.165, 1.54) is 0 Å². The highest BCUT2D eigenvalue weighted by atomic mass is 16.5. The van der Waals surface area contributed by atoms with E-state index in [1.54, 1.807) is 38.3 Å². The van der Waals surface area contributed by atoms with E-state index in [4.69, 9.17) is 9.47 Å². The SMILES string of the molecule is CCOC(=O)C1CCN(c2nnc(-c3ccc(OC)cc3)c(=O)[nH]2)CC1. The molecule has 1 aromatic carbocycles. The smallest absolute Gasteiger partial charge is 0.309 e. The molecule has 1 saturated heterocycles. The van der Waals surface area contributed by atoms with Crippen LogP contribution >= 0.6 is 0 Å². The molecule has 3 rings (SSSR count). The van der Waals surface area contributed by atoms with Crippen LogP contribution in [0.4, 0.5) is 5.95 Å². The maximum atomic E-state index is 12.4. The molecule has 2 aromatic rings. The summed E-state index contributed by atoms with van der Waals surface area (Å²) in [6, 6.07) is 7.07. The number of ether oxygens (including phenoxy) is 2. The number of aromatic amines is 1. The summed E-state index contributed by atoms with van der Waals surface area (Å²) < 4.78 is 10.2. The molecule has 0 aliphatic carbocycles. The van der Waals surface area contributed by atoms with E-state index < -0.39 is 0 Å². The van der Waals surface area contributed by atoms with Crippen molar-refractivity contribution in [2.75, 3.05) is 31.7 Å². The van der Waals surface area contributed by atoms with Crippen LogP contribution in [-0.2, 0) is 9.53 Å². The van der Waals surface area contributed by atoms with Crippen LogP contribution in [0.25, 0.3) is 11.3 Å².